The molecule has 0 aliphatic carbocycles. The third-order valence-corrected chi connectivity index (χ3v) is 1.89. The van der Waals surface area contributed by atoms with Gasteiger partial charge in [-0.3, -0.25) is 0 Å². The number of carbonyl (C=O) groups is 1. The van der Waals surface area contributed by atoms with Crippen LogP contribution in [-0.2, 0) is 4.74 Å². The zero-order chi connectivity index (χ0) is 13.8. The summed E-state index contributed by atoms with van der Waals surface area (Å²) in [6.45, 7) is -1.53. The third-order valence-electron chi connectivity index (χ3n) is 1.89. The number of esters is 1. The van der Waals surface area contributed by atoms with Crippen LogP contribution in [0.1, 0.15) is 10.4 Å². The number of hydrogen-bond acceptors (Lipinski definition) is 4. The molecule has 8 heteroatoms. The summed E-state index contributed by atoms with van der Waals surface area (Å²) in [4.78, 5) is 14.6. The Bertz CT molecular complexity index is 425. The molecular weight excluding hydrogens is 258 g/mol. The molecule has 0 saturated heterocycles. The lowest BCUT2D eigenvalue weighted by Gasteiger charge is -2.15. The van der Waals surface area contributed by atoms with Crippen molar-refractivity contribution in [1.82, 2.24) is 4.98 Å². The number of ether oxygens (including phenoxy) is 2. The maximum Gasteiger partial charge on any atom is 0.340 e. The van der Waals surface area contributed by atoms with Gasteiger partial charge in [0.25, 0.3) is 0 Å². The zero-order valence-electron chi connectivity index (χ0n) is 9.20. The molecule has 1 aromatic heterocycles. The summed E-state index contributed by atoms with van der Waals surface area (Å²) < 4.78 is 57.6. The van der Waals surface area contributed by atoms with Crippen LogP contribution in [0.3, 0.4) is 0 Å². The van der Waals surface area contributed by atoms with Crippen LogP contribution in [0.4, 0.5) is 17.6 Å². The fourth-order valence-corrected chi connectivity index (χ4v) is 0.966. The minimum atomic E-state index is -4.27. The van der Waals surface area contributed by atoms with Crippen molar-refractivity contribution in [2.24, 2.45) is 0 Å². The quantitative estimate of drug-likeness (QED) is 0.606. The molecule has 18 heavy (non-hydrogen) atoms. The van der Waals surface area contributed by atoms with E-state index in [1.165, 1.54) is 6.07 Å². The van der Waals surface area contributed by atoms with E-state index in [0.29, 0.717) is 0 Å². The summed E-state index contributed by atoms with van der Waals surface area (Å²) in [5.41, 5.74) is 0.0165. The van der Waals surface area contributed by atoms with Crippen molar-refractivity contribution in [2.75, 3.05) is 13.7 Å². The topological polar surface area (TPSA) is 48.4 Å². The van der Waals surface area contributed by atoms with Crippen molar-refractivity contribution in [3.63, 3.8) is 0 Å². The van der Waals surface area contributed by atoms with Crippen LogP contribution < -0.4 is 4.74 Å². The molecule has 1 heterocycles. The number of hydrogen-bond donors (Lipinski definition) is 0. The van der Waals surface area contributed by atoms with Crippen LogP contribution >= 0.6 is 0 Å². The molecule has 0 bridgehead atoms. The Kier molecular flexibility index (Phi) is 4.46. The van der Waals surface area contributed by atoms with Crippen molar-refractivity contribution in [3.05, 3.63) is 23.9 Å². The second-order valence-corrected chi connectivity index (χ2v) is 3.22. The molecule has 0 spiro atoms. The number of rotatable bonds is 5. The summed E-state index contributed by atoms with van der Waals surface area (Å²) in [7, 11) is 1.13. The van der Waals surface area contributed by atoms with E-state index >= 15 is 0 Å². The van der Waals surface area contributed by atoms with Gasteiger partial charge < -0.3 is 9.47 Å². The van der Waals surface area contributed by atoms with E-state index in [-0.39, 0.29) is 11.4 Å². The highest BCUT2D eigenvalue weighted by Gasteiger charge is 2.41. The minimum absolute atomic E-state index is 0.0165. The van der Waals surface area contributed by atoms with Crippen LogP contribution in [0, 0.1) is 0 Å². The van der Waals surface area contributed by atoms with E-state index in [9.17, 15) is 22.4 Å². The Morgan fingerprint density at radius 1 is 1.50 bits per heavy atom. The van der Waals surface area contributed by atoms with Crippen molar-refractivity contribution in [2.45, 2.75) is 12.3 Å². The maximum absolute atomic E-state index is 12.6. The smallest absolute Gasteiger partial charge is 0.340 e. The molecule has 0 aliphatic rings. The van der Waals surface area contributed by atoms with Gasteiger partial charge in [0.05, 0.1) is 12.7 Å². The lowest BCUT2D eigenvalue weighted by atomic mass is 10.3. The van der Waals surface area contributed by atoms with Crippen LogP contribution in [0.5, 0.6) is 5.88 Å². The molecule has 4 nitrogen and oxygen atoms in total. The SMILES string of the molecule is COC(=O)c1ccnc(OCC(F)(F)C(F)F)c1. The molecule has 0 N–H and O–H groups in total. The van der Waals surface area contributed by atoms with Gasteiger partial charge in [-0.2, -0.15) is 8.78 Å². The number of alkyl halides is 4. The number of halogens is 4. The number of nitrogens with zero attached hydrogens (tertiary/aromatic N) is 1. The van der Waals surface area contributed by atoms with E-state index in [1.54, 1.807) is 0 Å². The van der Waals surface area contributed by atoms with Gasteiger partial charge in [0.1, 0.15) is 0 Å². The molecule has 0 amide bonds. The molecule has 100 valence electrons. The largest absolute Gasteiger partial charge is 0.471 e. The lowest BCUT2D eigenvalue weighted by molar-refractivity contribution is -0.148. The first kappa shape index (κ1) is 14.2. The van der Waals surface area contributed by atoms with E-state index in [0.717, 1.165) is 19.4 Å². The first-order valence-corrected chi connectivity index (χ1v) is 4.70. The van der Waals surface area contributed by atoms with Gasteiger partial charge >= 0.3 is 18.3 Å². The van der Waals surface area contributed by atoms with Crippen molar-refractivity contribution >= 4 is 5.97 Å². The highest BCUT2D eigenvalue weighted by atomic mass is 19.3. The normalized spacial score (nSPS) is 11.4. The average molecular weight is 267 g/mol. The lowest BCUT2D eigenvalue weighted by Crippen LogP contribution is -2.33. The fourth-order valence-electron chi connectivity index (χ4n) is 0.966. The Morgan fingerprint density at radius 3 is 2.72 bits per heavy atom. The average Bonchev–Trinajstić information content (AvgIpc) is 2.35. The van der Waals surface area contributed by atoms with Gasteiger partial charge in [-0.25, -0.2) is 18.6 Å². The number of carbonyl (C=O) groups excluding carboxylic acids is 1. The molecule has 0 aromatic carbocycles. The Morgan fingerprint density at radius 2 is 2.17 bits per heavy atom. The highest BCUT2D eigenvalue weighted by molar-refractivity contribution is 5.89. The monoisotopic (exact) mass is 267 g/mol. The summed E-state index contributed by atoms with van der Waals surface area (Å²) in [5.74, 6) is -5.36. The van der Waals surface area contributed by atoms with E-state index in [4.69, 9.17) is 0 Å². The first-order chi connectivity index (χ1) is 8.36. The molecular formula is C10H9F4NO3. The number of pyridine rings is 1. The van der Waals surface area contributed by atoms with Gasteiger partial charge in [-0.1, -0.05) is 0 Å². The molecule has 0 fully saturated rings. The highest BCUT2D eigenvalue weighted by Crippen LogP contribution is 2.23. The number of methoxy groups -OCH3 is 1. The van der Waals surface area contributed by atoms with Gasteiger partial charge in [0.2, 0.25) is 5.88 Å². The molecule has 0 atom stereocenters. The number of aromatic nitrogens is 1. The fraction of sp³-hybridized carbons (Fsp3) is 0.400. The van der Waals surface area contributed by atoms with Crippen LogP contribution in [-0.4, -0.2) is 37.0 Å². The molecule has 0 unspecified atom stereocenters. The first-order valence-electron chi connectivity index (χ1n) is 4.70. The standard InChI is InChI=1S/C10H9F4NO3/c1-17-8(16)6-2-3-15-7(4-6)18-5-10(13,14)9(11)12/h2-4,9H,5H2,1H3. The molecule has 1 aromatic rings. The van der Waals surface area contributed by atoms with Gasteiger partial charge in [-0.05, 0) is 6.07 Å². The van der Waals surface area contributed by atoms with E-state index in [1.807, 2.05) is 0 Å². The molecule has 0 aliphatic heterocycles. The summed E-state index contributed by atoms with van der Waals surface area (Å²) in [5, 5.41) is 0. The zero-order valence-corrected chi connectivity index (χ0v) is 9.20. The van der Waals surface area contributed by atoms with E-state index < -0.39 is 24.9 Å². The van der Waals surface area contributed by atoms with Crippen molar-refractivity contribution in [1.29, 1.82) is 0 Å². The predicted molar refractivity (Wildman–Crippen MR) is 52.0 cm³/mol. The van der Waals surface area contributed by atoms with E-state index in [2.05, 4.69) is 14.5 Å². The minimum Gasteiger partial charge on any atom is -0.471 e. The summed E-state index contributed by atoms with van der Waals surface area (Å²) in [6, 6.07) is 2.29. The van der Waals surface area contributed by atoms with Crippen LogP contribution in [0.25, 0.3) is 0 Å². The van der Waals surface area contributed by atoms with Crippen molar-refractivity contribution < 1.29 is 31.8 Å². The second-order valence-electron chi connectivity index (χ2n) is 3.22. The molecule has 0 radical (unpaired) electrons. The third kappa shape index (κ3) is 3.57. The predicted octanol–water partition coefficient (Wildman–Crippen LogP) is 2.15. The van der Waals surface area contributed by atoms with Gasteiger partial charge in [0.15, 0.2) is 6.61 Å². The van der Waals surface area contributed by atoms with Gasteiger partial charge in [0, 0.05) is 12.3 Å². The maximum atomic E-state index is 12.6. The second kappa shape index (κ2) is 5.65. The Hall–Kier alpha value is -1.86. The molecule has 1 rings (SSSR count). The Labute approximate surface area is 99.5 Å². The van der Waals surface area contributed by atoms with Crippen LogP contribution in [0.2, 0.25) is 0 Å². The van der Waals surface area contributed by atoms with Crippen molar-refractivity contribution in [3.8, 4) is 5.88 Å². The summed E-state index contributed by atoms with van der Waals surface area (Å²) >= 11 is 0. The van der Waals surface area contributed by atoms with Crippen LogP contribution in [0.15, 0.2) is 18.3 Å². The summed E-state index contributed by atoms with van der Waals surface area (Å²) in [6.07, 6.45) is -2.72. The Balaban J connectivity index is 2.72. The molecule has 0 saturated carbocycles. The van der Waals surface area contributed by atoms with Gasteiger partial charge in [-0.15, -0.1) is 0 Å².